The third-order valence-corrected chi connectivity index (χ3v) is 8.04. The Hall–Kier alpha value is -0.120. The number of hydrogen-bond acceptors (Lipinski definition) is 3. The zero-order valence-electron chi connectivity index (χ0n) is 25.8. The molecule has 0 amide bonds. The van der Waals surface area contributed by atoms with Crippen molar-refractivity contribution < 1.29 is 9.47 Å². The maximum absolute atomic E-state index is 6.26. The molecule has 0 rings (SSSR count). The Bertz CT molecular complexity index is 416. The zero-order chi connectivity index (χ0) is 26.6. The van der Waals surface area contributed by atoms with Gasteiger partial charge >= 0.3 is 0 Å². The first-order valence-corrected chi connectivity index (χ1v) is 16.5. The fourth-order valence-corrected chi connectivity index (χ4v) is 4.98. The normalized spacial score (nSPS) is 14.2. The van der Waals surface area contributed by atoms with E-state index >= 15 is 0 Å². The van der Waals surface area contributed by atoms with Gasteiger partial charge in [-0.25, -0.2) is 0 Å². The summed E-state index contributed by atoms with van der Waals surface area (Å²) in [6.45, 7) is 10.5. The SMILES string of the molecule is CCCCCCCCCCCCCCOC(C)C(C)(NC)OCCCCCCCCCCCCCC. The molecule has 3 heteroatoms. The average molecular weight is 512 g/mol. The van der Waals surface area contributed by atoms with E-state index in [1.54, 1.807) is 0 Å². The first-order chi connectivity index (χ1) is 17.6. The number of hydrogen-bond donors (Lipinski definition) is 1. The van der Waals surface area contributed by atoms with Crippen LogP contribution in [0.4, 0.5) is 0 Å². The summed E-state index contributed by atoms with van der Waals surface area (Å²) < 4.78 is 12.4. The molecule has 2 atom stereocenters. The number of likely N-dealkylation sites (N-methyl/N-ethyl adjacent to an activating group) is 1. The second-order valence-corrected chi connectivity index (χ2v) is 11.5. The predicted octanol–water partition coefficient (Wildman–Crippen LogP) is 10.7. The molecule has 0 aromatic carbocycles. The van der Waals surface area contributed by atoms with Crippen molar-refractivity contribution in [1.29, 1.82) is 0 Å². The number of ether oxygens (including phenoxy) is 2. The van der Waals surface area contributed by atoms with Crippen molar-refractivity contribution in [3.8, 4) is 0 Å². The van der Waals surface area contributed by atoms with E-state index in [2.05, 4.69) is 33.0 Å². The van der Waals surface area contributed by atoms with Gasteiger partial charge in [0, 0.05) is 13.2 Å². The van der Waals surface area contributed by atoms with Crippen LogP contribution in [0.5, 0.6) is 0 Å². The van der Waals surface area contributed by atoms with E-state index in [4.69, 9.17) is 9.47 Å². The quantitative estimate of drug-likeness (QED) is 0.0768. The molecule has 0 radical (unpaired) electrons. The van der Waals surface area contributed by atoms with Gasteiger partial charge in [-0.05, 0) is 33.7 Å². The summed E-state index contributed by atoms with van der Waals surface area (Å²) in [7, 11) is 1.99. The van der Waals surface area contributed by atoms with E-state index < -0.39 is 5.72 Å². The highest BCUT2D eigenvalue weighted by Gasteiger charge is 2.30. The van der Waals surface area contributed by atoms with E-state index in [1.165, 1.54) is 148 Å². The molecule has 0 aromatic rings. The zero-order valence-corrected chi connectivity index (χ0v) is 25.8. The Kier molecular flexibility index (Phi) is 27.8. The molecule has 0 bridgehead atoms. The molecule has 0 spiro atoms. The fraction of sp³-hybridized carbons (Fsp3) is 1.00. The molecule has 218 valence electrons. The van der Waals surface area contributed by atoms with Crippen LogP contribution < -0.4 is 5.32 Å². The van der Waals surface area contributed by atoms with Crippen molar-refractivity contribution >= 4 is 0 Å². The second-order valence-electron chi connectivity index (χ2n) is 11.5. The Morgan fingerprint density at radius 1 is 0.500 bits per heavy atom. The molecule has 36 heavy (non-hydrogen) atoms. The molecule has 0 aromatic heterocycles. The Labute approximate surface area is 228 Å². The first-order valence-electron chi connectivity index (χ1n) is 16.5. The number of unbranched alkanes of at least 4 members (excludes halogenated alkanes) is 22. The van der Waals surface area contributed by atoms with Gasteiger partial charge in [0.1, 0.15) is 5.72 Å². The van der Waals surface area contributed by atoms with Crippen LogP contribution in [-0.2, 0) is 9.47 Å². The van der Waals surface area contributed by atoms with Gasteiger partial charge in [0.2, 0.25) is 0 Å². The van der Waals surface area contributed by atoms with Crippen LogP contribution in [0.2, 0.25) is 0 Å². The summed E-state index contributed by atoms with van der Waals surface area (Å²) >= 11 is 0. The van der Waals surface area contributed by atoms with Crippen molar-refractivity contribution in [2.45, 2.75) is 194 Å². The lowest BCUT2D eigenvalue weighted by atomic mass is 10.1. The van der Waals surface area contributed by atoms with Gasteiger partial charge in [0.05, 0.1) is 6.10 Å². The Balaban J connectivity index is 3.57. The van der Waals surface area contributed by atoms with Gasteiger partial charge < -0.3 is 9.47 Å². The average Bonchev–Trinajstić information content (AvgIpc) is 2.89. The van der Waals surface area contributed by atoms with Crippen LogP contribution in [0, 0.1) is 0 Å². The van der Waals surface area contributed by atoms with Crippen molar-refractivity contribution in [2.75, 3.05) is 20.3 Å². The Morgan fingerprint density at radius 2 is 0.806 bits per heavy atom. The second kappa shape index (κ2) is 27.9. The number of rotatable bonds is 30. The minimum Gasteiger partial charge on any atom is -0.374 e. The molecule has 0 saturated heterocycles. The summed E-state index contributed by atoms with van der Waals surface area (Å²) in [4.78, 5) is 0. The smallest absolute Gasteiger partial charge is 0.142 e. The molecule has 0 aliphatic carbocycles. The van der Waals surface area contributed by atoms with Crippen LogP contribution >= 0.6 is 0 Å². The molecule has 0 aliphatic rings. The molecular weight excluding hydrogens is 442 g/mol. The van der Waals surface area contributed by atoms with Crippen molar-refractivity contribution in [1.82, 2.24) is 5.32 Å². The van der Waals surface area contributed by atoms with Gasteiger partial charge in [0.15, 0.2) is 0 Å². The number of nitrogens with one attached hydrogen (secondary N) is 1. The minimum atomic E-state index is -0.394. The fourth-order valence-electron chi connectivity index (χ4n) is 4.98. The molecule has 0 saturated carbocycles. The van der Waals surface area contributed by atoms with E-state index in [9.17, 15) is 0 Å². The summed E-state index contributed by atoms with van der Waals surface area (Å²) in [6.07, 6.45) is 33.1. The van der Waals surface area contributed by atoms with Crippen molar-refractivity contribution in [3.05, 3.63) is 0 Å². The third-order valence-electron chi connectivity index (χ3n) is 8.04. The first kappa shape index (κ1) is 35.9. The molecule has 0 aliphatic heterocycles. The van der Waals surface area contributed by atoms with Gasteiger partial charge in [-0.15, -0.1) is 0 Å². The van der Waals surface area contributed by atoms with Crippen LogP contribution in [0.25, 0.3) is 0 Å². The van der Waals surface area contributed by atoms with E-state index in [0.717, 1.165) is 19.6 Å². The monoisotopic (exact) mass is 512 g/mol. The molecule has 3 nitrogen and oxygen atoms in total. The van der Waals surface area contributed by atoms with Crippen LogP contribution in [0.1, 0.15) is 182 Å². The minimum absolute atomic E-state index is 0.0625. The highest BCUT2D eigenvalue weighted by Crippen LogP contribution is 2.18. The Morgan fingerprint density at radius 3 is 1.14 bits per heavy atom. The van der Waals surface area contributed by atoms with E-state index in [0.29, 0.717) is 0 Å². The molecular formula is C33H69NO2. The van der Waals surface area contributed by atoms with Gasteiger partial charge in [-0.3, -0.25) is 5.32 Å². The van der Waals surface area contributed by atoms with Gasteiger partial charge in [0.25, 0.3) is 0 Å². The van der Waals surface area contributed by atoms with Gasteiger partial charge in [-0.1, -0.05) is 155 Å². The topological polar surface area (TPSA) is 30.5 Å². The summed E-state index contributed by atoms with van der Waals surface area (Å²) in [5.74, 6) is 0. The van der Waals surface area contributed by atoms with Crippen LogP contribution in [0.3, 0.4) is 0 Å². The van der Waals surface area contributed by atoms with Crippen LogP contribution in [0.15, 0.2) is 0 Å². The van der Waals surface area contributed by atoms with E-state index in [-0.39, 0.29) is 6.10 Å². The van der Waals surface area contributed by atoms with E-state index in [1.807, 2.05) is 7.05 Å². The van der Waals surface area contributed by atoms with Crippen molar-refractivity contribution in [2.24, 2.45) is 0 Å². The largest absolute Gasteiger partial charge is 0.374 e. The summed E-state index contributed by atoms with van der Waals surface area (Å²) in [5, 5.41) is 3.37. The standard InChI is InChI=1S/C33H69NO2/c1-6-8-10-12-14-16-18-20-22-24-26-28-30-35-32(3)33(4,34-5)36-31-29-27-25-23-21-19-17-15-13-11-9-7-2/h32,34H,6-31H2,1-5H3. The predicted molar refractivity (Wildman–Crippen MR) is 161 cm³/mol. The summed E-state index contributed by atoms with van der Waals surface area (Å²) in [5.41, 5.74) is -0.394. The molecule has 0 fully saturated rings. The third kappa shape index (κ3) is 23.0. The molecule has 2 unspecified atom stereocenters. The lowest BCUT2D eigenvalue weighted by Gasteiger charge is -2.35. The highest BCUT2D eigenvalue weighted by molar-refractivity contribution is 4.78. The molecule has 0 heterocycles. The van der Waals surface area contributed by atoms with Crippen LogP contribution in [-0.4, -0.2) is 32.1 Å². The maximum Gasteiger partial charge on any atom is 0.142 e. The van der Waals surface area contributed by atoms with Gasteiger partial charge in [-0.2, -0.15) is 0 Å². The highest BCUT2D eigenvalue weighted by atomic mass is 16.6. The summed E-state index contributed by atoms with van der Waals surface area (Å²) in [6, 6.07) is 0. The lowest BCUT2D eigenvalue weighted by molar-refractivity contribution is -0.146. The maximum atomic E-state index is 6.26. The lowest BCUT2D eigenvalue weighted by Crippen LogP contribution is -2.52. The van der Waals surface area contributed by atoms with Crippen molar-refractivity contribution in [3.63, 3.8) is 0 Å². The molecule has 1 N–H and O–H groups in total.